The quantitative estimate of drug-likeness (QED) is 0.537. The predicted octanol–water partition coefficient (Wildman–Crippen LogP) is 4.80. The minimum Gasteiger partial charge on any atom is -0.481 e. The first-order chi connectivity index (χ1) is 15.9. The first kappa shape index (κ1) is 22.7. The third-order valence-corrected chi connectivity index (χ3v) is 5.83. The average Bonchev–Trinajstić information content (AvgIpc) is 2.82. The molecule has 4 rings (SSSR count). The molecule has 1 aliphatic heterocycles. The molecular formula is C26H27FN4O2. The number of anilines is 1. The van der Waals surface area contributed by atoms with Gasteiger partial charge in [0.25, 0.3) is 0 Å². The fourth-order valence-corrected chi connectivity index (χ4v) is 4.08. The number of hydrogen-bond donors (Lipinski definition) is 0. The van der Waals surface area contributed by atoms with Crippen molar-refractivity contribution in [1.29, 1.82) is 0 Å². The molecule has 0 saturated carbocycles. The third kappa shape index (κ3) is 4.39. The summed E-state index contributed by atoms with van der Waals surface area (Å²) in [5.41, 5.74) is 4.40. The monoisotopic (exact) mass is 446 g/mol. The number of aryl methyl sites for hydroxylation is 1. The second kappa shape index (κ2) is 9.55. The van der Waals surface area contributed by atoms with Gasteiger partial charge in [-0.3, -0.25) is 4.98 Å². The Labute approximate surface area is 193 Å². The smallest absolute Gasteiger partial charge is 0.213 e. The molecule has 0 N–H and O–H groups in total. The lowest BCUT2D eigenvalue weighted by Crippen LogP contribution is -2.44. The summed E-state index contributed by atoms with van der Waals surface area (Å²) in [4.78, 5) is 15.9. The topological polar surface area (TPSA) is 60.4 Å². The van der Waals surface area contributed by atoms with Gasteiger partial charge in [-0.25, -0.2) is 14.4 Å². The van der Waals surface area contributed by atoms with Crippen LogP contribution in [-0.4, -0.2) is 47.9 Å². The van der Waals surface area contributed by atoms with Crippen molar-refractivity contribution in [3.63, 3.8) is 0 Å². The van der Waals surface area contributed by atoms with E-state index in [1.54, 1.807) is 26.3 Å². The lowest BCUT2D eigenvalue weighted by Gasteiger charge is -2.34. The van der Waals surface area contributed by atoms with E-state index in [0.717, 1.165) is 28.1 Å². The Morgan fingerprint density at radius 1 is 1.27 bits per heavy atom. The fraction of sp³-hybridized carbons (Fsp3) is 0.346. The van der Waals surface area contributed by atoms with Crippen molar-refractivity contribution in [3.8, 4) is 28.8 Å². The van der Waals surface area contributed by atoms with Gasteiger partial charge in [0, 0.05) is 29.8 Å². The molecule has 33 heavy (non-hydrogen) atoms. The SMILES string of the molecule is CC#C/C=C(\C)c1ncc(F)c2c(-c3cnc(OC)cc3C)cc(N3CCOCC3C)nc12. The van der Waals surface area contributed by atoms with Crippen molar-refractivity contribution in [2.75, 3.05) is 31.8 Å². The Morgan fingerprint density at radius 3 is 2.79 bits per heavy atom. The first-order valence-corrected chi connectivity index (χ1v) is 10.9. The van der Waals surface area contributed by atoms with Crippen molar-refractivity contribution in [2.24, 2.45) is 0 Å². The molecule has 6 nitrogen and oxygen atoms in total. The molecule has 1 fully saturated rings. The van der Waals surface area contributed by atoms with Crippen LogP contribution in [-0.2, 0) is 4.74 Å². The average molecular weight is 447 g/mol. The fourth-order valence-electron chi connectivity index (χ4n) is 4.08. The molecule has 7 heteroatoms. The van der Waals surface area contributed by atoms with Gasteiger partial charge in [0.15, 0.2) is 5.82 Å². The predicted molar refractivity (Wildman–Crippen MR) is 129 cm³/mol. The number of methoxy groups -OCH3 is 1. The number of nitrogens with zero attached hydrogens (tertiary/aromatic N) is 4. The van der Waals surface area contributed by atoms with E-state index < -0.39 is 5.82 Å². The number of aromatic nitrogens is 3. The molecular weight excluding hydrogens is 419 g/mol. The molecule has 1 atom stereocenters. The van der Waals surface area contributed by atoms with Crippen molar-refractivity contribution >= 4 is 22.3 Å². The highest BCUT2D eigenvalue weighted by atomic mass is 19.1. The van der Waals surface area contributed by atoms with Gasteiger partial charge in [-0.15, -0.1) is 5.92 Å². The zero-order valence-corrected chi connectivity index (χ0v) is 19.6. The molecule has 0 aliphatic carbocycles. The van der Waals surface area contributed by atoms with Crippen LogP contribution in [0.4, 0.5) is 10.2 Å². The highest BCUT2D eigenvalue weighted by Crippen LogP contribution is 2.37. The van der Waals surface area contributed by atoms with Gasteiger partial charge in [-0.1, -0.05) is 5.92 Å². The molecule has 3 aromatic heterocycles. The van der Waals surface area contributed by atoms with Gasteiger partial charge >= 0.3 is 0 Å². The molecule has 0 radical (unpaired) electrons. The second-order valence-electron chi connectivity index (χ2n) is 8.09. The molecule has 1 saturated heterocycles. The number of pyridine rings is 3. The van der Waals surface area contributed by atoms with Crippen LogP contribution in [0.25, 0.3) is 27.6 Å². The molecule has 0 aromatic carbocycles. The van der Waals surface area contributed by atoms with E-state index in [2.05, 4.69) is 33.6 Å². The number of ether oxygens (including phenoxy) is 2. The van der Waals surface area contributed by atoms with Gasteiger partial charge in [0.2, 0.25) is 5.88 Å². The third-order valence-electron chi connectivity index (χ3n) is 5.83. The number of fused-ring (bicyclic) bond motifs is 1. The van der Waals surface area contributed by atoms with Crippen molar-refractivity contribution in [2.45, 2.75) is 33.7 Å². The van der Waals surface area contributed by atoms with Crippen molar-refractivity contribution in [1.82, 2.24) is 15.0 Å². The molecule has 170 valence electrons. The maximum Gasteiger partial charge on any atom is 0.213 e. The summed E-state index contributed by atoms with van der Waals surface area (Å²) in [6.07, 6.45) is 4.76. The summed E-state index contributed by atoms with van der Waals surface area (Å²) >= 11 is 0. The van der Waals surface area contributed by atoms with E-state index >= 15 is 4.39 Å². The van der Waals surface area contributed by atoms with Gasteiger partial charge in [0.1, 0.15) is 11.3 Å². The standard InChI is InChI=1S/C26H27FN4O2/c1-6-7-8-16(2)25-26-24(21(27)14-29-25)19(20-13-28-23(32-5)11-17(20)3)12-22(30-26)31-9-10-33-15-18(31)4/h8,11-14,18H,9-10,15H2,1-5H3/b16-8+. The number of rotatable bonds is 4. The van der Waals surface area contributed by atoms with Crippen LogP contribution < -0.4 is 9.64 Å². The first-order valence-electron chi connectivity index (χ1n) is 10.9. The number of allylic oxidation sites excluding steroid dienone is 2. The highest BCUT2D eigenvalue weighted by molar-refractivity contribution is 6.01. The summed E-state index contributed by atoms with van der Waals surface area (Å²) in [7, 11) is 1.58. The van der Waals surface area contributed by atoms with E-state index in [-0.39, 0.29) is 6.04 Å². The lowest BCUT2D eigenvalue weighted by atomic mass is 9.97. The van der Waals surface area contributed by atoms with E-state index in [1.807, 2.05) is 26.0 Å². The van der Waals surface area contributed by atoms with Crippen LogP contribution in [0.1, 0.15) is 32.0 Å². The largest absolute Gasteiger partial charge is 0.481 e. The van der Waals surface area contributed by atoms with Gasteiger partial charge < -0.3 is 14.4 Å². The minimum absolute atomic E-state index is 0.138. The lowest BCUT2D eigenvalue weighted by molar-refractivity contribution is 0.0986. The maximum absolute atomic E-state index is 15.3. The molecule has 0 bridgehead atoms. The highest BCUT2D eigenvalue weighted by Gasteiger charge is 2.24. The Hall–Kier alpha value is -3.50. The number of morpholine rings is 1. The van der Waals surface area contributed by atoms with Crippen LogP contribution in [0.5, 0.6) is 5.88 Å². The normalized spacial score (nSPS) is 16.5. The van der Waals surface area contributed by atoms with Gasteiger partial charge in [-0.2, -0.15) is 0 Å². The summed E-state index contributed by atoms with van der Waals surface area (Å²) in [5, 5.41) is 0.414. The molecule has 1 unspecified atom stereocenters. The Balaban J connectivity index is 2.05. The number of hydrogen-bond acceptors (Lipinski definition) is 6. The molecule has 0 amide bonds. The van der Waals surface area contributed by atoms with E-state index in [0.29, 0.717) is 42.2 Å². The summed E-state index contributed by atoms with van der Waals surface area (Å²) in [6, 6.07) is 3.93. The molecule has 4 heterocycles. The van der Waals surface area contributed by atoms with Gasteiger partial charge in [0.05, 0.1) is 38.3 Å². The molecule has 0 spiro atoms. The zero-order valence-electron chi connectivity index (χ0n) is 19.6. The maximum atomic E-state index is 15.3. The Morgan fingerprint density at radius 2 is 2.09 bits per heavy atom. The summed E-state index contributed by atoms with van der Waals surface area (Å²) < 4.78 is 26.2. The van der Waals surface area contributed by atoms with E-state index in [1.165, 1.54) is 6.20 Å². The van der Waals surface area contributed by atoms with Gasteiger partial charge in [-0.05, 0) is 56.5 Å². The van der Waals surface area contributed by atoms with E-state index in [9.17, 15) is 0 Å². The van der Waals surface area contributed by atoms with Crippen molar-refractivity contribution in [3.05, 3.63) is 47.7 Å². The Kier molecular flexibility index (Phi) is 6.57. The van der Waals surface area contributed by atoms with Crippen LogP contribution in [0, 0.1) is 24.6 Å². The molecule has 3 aromatic rings. The van der Waals surface area contributed by atoms with Crippen LogP contribution in [0.15, 0.2) is 30.6 Å². The Bertz CT molecular complexity index is 1290. The summed E-state index contributed by atoms with van der Waals surface area (Å²) in [5.74, 6) is 6.65. The molecule has 1 aliphatic rings. The van der Waals surface area contributed by atoms with Crippen LogP contribution >= 0.6 is 0 Å². The summed E-state index contributed by atoms with van der Waals surface area (Å²) in [6.45, 7) is 9.66. The number of halogens is 1. The second-order valence-corrected chi connectivity index (χ2v) is 8.09. The zero-order chi connectivity index (χ0) is 23.5. The minimum atomic E-state index is -0.428. The van der Waals surface area contributed by atoms with Crippen LogP contribution in [0.3, 0.4) is 0 Å². The van der Waals surface area contributed by atoms with E-state index in [4.69, 9.17) is 14.5 Å². The van der Waals surface area contributed by atoms with Crippen molar-refractivity contribution < 1.29 is 13.9 Å². The van der Waals surface area contributed by atoms with Crippen LogP contribution in [0.2, 0.25) is 0 Å².